The summed E-state index contributed by atoms with van der Waals surface area (Å²) >= 11 is 0. The summed E-state index contributed by atoms with van der Waals surface area (Å²) in [4.78, 5) is 8.38. The van der Waals surface area contributed by atoms with Crippen molar-refractivity contribution in [1.82, 2.24) is 9.88 Å². The van der Waals surface area contributed by atoms with Crippen LogP contribution in [0, 0.1) is 5.95 Å². The van der Waals surface area contributed by atoms with Gasteiger partial charge in [0.15, 0.2) is 0 Å². The number of nitrogens with zero attached hydrogens (tertiary/aromatic N) is 3. The third kappa shape index (κ3) is 3.88. The lowest BCUT2D eigenvalue weighted by Crippen LogP contribution is -2.44. The van der Waals surface area contributed by atoms with Crippen LogP contribution in [0.5, 0.6) is 0 Å². The smallest absolute Gasteiger partial charge is 0.214 e. The molecule has 0 saturated carbocycles. The fraction of sp³-hybridized carbons (Fsp3) is 0.643. The van der Waals surface area contributed by atoms with E-state index in [2.05, 4.69) is 21.8 Å². The molecule has 0 atom stereocenters. The maximum absolute atomic E-state index is 13.1. The highest BCUT2D eigenvalue weighted by Crippen LogP contribution is 2.20. The zero-order valence-corrected chi connectivity index (χ0v) is 11.4. The van der Waals surface area contributed by atoms with E-state index >= 15 is 0 Å². The van der Waals surface area contributed by atoms with Gasteiger partial charge in [-0.15, -0.1) is 0 Å². The lowest BCUT2D eigenvalue weighted by atomic mass is 10.0. The maximum Gasteiger partial charge on any atom is 0.214 e. The first kappa shape index (κ1) is 14.2. The summed E-state index contributed by atoms with van der Waals surface area (Å²) in [5.41, 5.74) is 0. The summed E-state index contributed by atoms with van der Waals surface area (Å²) in [5, 5.41) is 8.85. The van der Waals surface area contributed by atoms with Gasteiger partial charge in [-0.3, -0.25) is 0 Å². The Labute approximate surface area is 113 Å². The lowest BCUT2D eigenvalue weighted by Gasteiger charge is -2.37. The second-order valence-electron chi connectivity index (χ2n) is 5.09. The molecular weight excluding hydrogens is 245 g/mol. The zero-order valence-electron chi connectivity index (χ0n) is 11.4. The highest BCUT2D eigenvalue weighted by atomic mass is 19.1. The zero-order chi connectivity index (χ0) is 13.7. The summed E-state index contributed by atoms with van der Waals surface area (Å²) in [5.74, 6) is 0.316. The molecular formula is C14H22FN3O. The highest BCUT2D eigenvalue weighted by Gasteiger charge is 2.22. The third-order valence-corrected chi connectivity index (χ3v) is 3.78. The number of aliphatic hydroxyl groups excluding tert-OH is 1. The molecule has 19 heavy (non-hydrogen) atoms. The van der Waals surface area contributed by atoms with Crippen molar-refractivity contribution in [2.45, 2.75) is 25.3 Å². The number of hydrogen-bond acceptors (Lipinski definition) is 4. The molecule has 1 saturated heterocycles. The van der Waals surface area contributed by atoms with E-state index in [1.807, 2.05) is 6.07 Å². The number of piperidine rings is 1. The molecule has 0 unspecified atom stereocenters. The first-order valence-corrected chi connectivity index (χ1v) is 6.89. The van der Waals surface area contributed by atoms with E-state index in [4.69, 9.17) is 5.11 Å². The average Bonchev–Trinajstić information content (AvgIpc) is 2.45. The highest BCUT2D eigenvalue weighted by molar-refractivity contribution is 5.38. The van der Waals surface area contributed by atoms with Gasteiger partial charge in [0.05, 0.1) is 0 Å². The largest absolute Gasteiger partial charge is 0.396 e. The van der Waals surface area contributed by atoms with Crippen LogP contribution in [0.2, 0.25) is 0 Å². The number of aromatic nitrogens is 1. The van der Waals surface area contributed by atoms with Gasteiger partial charge in [0.1, 0.15) is 5.82 Å². The van der Waals surface area contributed by atoms with Gasteiger partial charge in [-0.2, -0.15) is 4.39 Å². The number of pyridine rings is 1. The minimum Gasteiger partial charge on any atom is -0.396 e. The standard InChI is InChI=1S/C14H22FN3O/c1-17(8-3-11-19)12-6-9-18(10-7-12)14-5-2-4-13(15)16-14/h2,4-5,12,19H,3,6-11H2,1H3. The van der Waals surface area contributed by atoms with Gasteiger partial charge in [0.2, 0.25) is 5.95 Å². The number of rotatable bonds is 5. The fourth-order valence-electron chi connectivity index (χ4n) is 2.61. The number of halogens is 1. The number of anilines is 1. The summed E-state index contributed by atoms with van der Waals surface area (Å²) in [6.45, 7) is 2.99. The number of aliphatic hydroxyl groups is 1. The first-order valence-electron chi connectivity index (χ1n) is 6.89. The Morgan fingerprint density at radius 3 is 2.79 bits per heavy atom. The van der Waals surface area contributed by atoms with Gasteiger partial charge in [-0.05, 0) is 38.4 Å². The Kier molecular flexibility index (Phi) is 5.10. The van der Waals surface area contributed by atoms with Crippen LogP contribution in [0.25, 0.3) is 0 Å². The fourth-order valence-corrected chi connectivity index (χ4v) is 2.61. The van der Waals surface area contributed by atoms with Crippen LogP contribution in [0.4, 0.5) is 10.2 Å². The van der Waals surface area contributed by atoms with Crippen LogP contribution in [-0.4, -0.2) is 54.3 Å². The molecule has 1 aliphatic rings. The van der Waals surface area contributed by atoms with Crippen molar-refractivity contribution in [3.05, 3.63) is 24.1 Å². The van der Waals surface area contributed by atoms with E-state index in [1.54, 1.807) is 6.07 Å². The molecule has 1 fully saturated rings. The average molecular weight is 267 g/mol. The van der Waals surface area contributed by atoms with E-state index in [-0.39, 0.29) is 6.61 Å². The molecule has 1 aromatic heterocycles. The number of hydrogen-bond donors (Lipinski definition) is 1. The Hall–Kier alpha value is -1.20. The second kappa shape index (κ2) is 6.82. The topological polar surface area (TPSA) is 39.6 Å². The van der Waals surface area contributed by atoms with Gasteiger partial charge in [0, 0.05) is 32.3 Å². The first-order chi connectivity index (χ1) is 9.20. The predicted octanol–water partition coefficient (Wildman–Crippen LogP) is 1.50. The molecule has 0 aromatic carbocycles. The van der Waals surface area contributed by atoms with Crippen molar-refractivity contribution in [2.75, 3.05) is 38.2 Å². The van der Waals surface area contributed by atoms with Gasteiger partial charge in [-0.25, -0.2) is 4.98 Å². The molecule has 4 nitrogen and oxygen atoms in total. The van der Waals surface area contributed by atoms with Crippen LogP contribution in [0.15, 0.2) is 18.2 Å². The molecule has 5 heteroatoms. The molecule has 0 bridgehead atoms. The van der Waals surface area contributed by atoms with Crippen LogP contribution in [-0.2, 0) is 0 Å². The quantitative estimate of drug-likeness (QED) is 0.821. The predicted molar refractivity (Wildman–Crippen MR) is 73.8 cm³/mol. The maximum atomic E-state index is 13.1. The minimum absolute atomic E-state index is 0.246. The van der Waals surface area contributed by atoms with Crippen molar-refractivity contribution in [3.63, 3.8) is 0 Å². The van der Waals surface area contributed by atoms with Crippen molar-refractivity contribution >= 4 is 5.82 Å². The van der Waals surface area contributed by atoms with Crippen LogP contribution in [0.3, 0.4) is 0 Å². The van der Waals surface area contributed by atoms with Crippen LogP contribution >= 0.6 is 0 Å². The molecule has 0 amide bonds. The van der Waals surface area contributed by atoms with Crippen molar-refractivity contribution < 1.29 is 9.50 Å². The Morgan fingerprint density at radius 2 is 2.16 bits per heavy atom. The second-order valence-corrected chi connectivity index (χ2v) is 5.09. The Balaban J connectivity index is 1.85. The third-order valence-electron chi connectivity index (χ3n) is 3.78. The lowest BCUT2D eigenvalue weighted by molar-refractivity contribution is 0.184. The van der Waals surface area contributed by atoms with Gasteiger partial charge in [-0.1, -0.05) is 6.07 Å². The van der Waals surface area contributed by atoms with Gasteiger partial charge in [0.25, 0.3) is 0 Å². The Bertz CT molecular complexity index is 394. The molecule has 106 valence electrons. The van der Waals surface area contributed by atoms with Crippen LogP contribution < -0.4 is 4.90 Å². The summed E-state index contributed by atoms with van der Waals surface area (Å²) in [6.07, 6.45) is 2.93. The van der Waals surface area contributed by atoms with E-state index < -0.39 is 5.95 Å². The van der Waals surface area contributed by atoms with E-state index in [9.17, 15) is 4.39 Å². The summed E-state index contributed by atoms with van der Waals surface area (Å²) < 4.78 is 13.1. The molecule has 0 radical (unpaired) electrons. The van der Waals surface area contributed by atoms with Gasteiger partial charge >= 0.3 is 0 Å². The molecule has 1 aliphatic heterocycles. The van der Waals surface area contributed by atoms with Crippen LogP contribution in [0.1, 0.15) is 19.3 Å². The monoisotopic (exact) mass is 267 g/mol. The Morgan fingerprint density at radius 1 is 1.42 bits per heavy atom. The van der Waals surface area contributed by atoms with Crippen molar-refractivity contribution in [1.29, 1.82) is 0 Å². The minimum atomic E-state index is -0.417. The molecule has 1 N–H and O–H groups in total. The summed E-state index contributed by atoms with van der Waals surface area (Å²) in [6, 6.07) is 5.49. The molecule has 0 spiro atoms. The van der Waals surface area contributed by atoms with Crippen molar-refractivity contribution in [3.8, 4) is 0 Å². The molecule has 2 heterocycles. The van der Waals surface area contributed by atoms with E-state index in [0.29, 0.717) is 6.04 Å². The molecule has 2 rings (SSSR count). The molecule has 1 aromatic rings. The van der Waals surface area contributed by atoms with Gasteiger partial charge < -0.3 is 14.9 Å². The van der Waals surface area contributed by atoms with Crippen molar-refractivity contribution in [2.24, 2.45) is 0 Å². The molecule has 0 aliphatic carbocycles. The normalized spacial score (nSPS) is 17.2. The summed E-state index contributed by atoms with van der Waals surface area (Å²) in [7, 11) is 2.11. The van der Waals surface area contributed by atoms with E-state index in [0.717, 1.165) is 44.7 Å². The SMILES string of the molecule is CN(CCCO)C1CCN(c2cccc(F)n2)CC1. The van der Waals surface area contributed by atoms with E-state index in [1.165, 1.54) is 6.07 Å².